The van der Waals surface area contributed by atoms with Gasteiger partial charge in [-0.3, -0.25) is 9.59 Å². The van der Waals surface area contributed by atoms with Gasteiger partial charge in [0.15, 0.2) is 0 Å². The van der Waals surface area contributed by atoms with Crippen molar-refractivity contribution in [1.82, 2.24) is 0 Å². The molecule has 0 N–H and O–H groups in total. The van der Waals surface area contributed by atoms with Crippen LogP contribution in [0.3, 0.4) is 0 Å². The van der Waals surface area contributed by atoms with Crippen LogP contribution in [0, 0.1) is 11.3 Å². The second-order valence-electron chi connectivity index (χ2n) is 9.62. The maximum Gasteiger partial charge on any atom is 0.260 e. The van der Waals surface area contributed by atoms with Crippen LogP contribution in [0.4, 0.5) is 5.69 Å². The number of hydrazone groups is 1. The van der Waals surface area contributed by atoms with Gasteiger partial charge in [-0.2, -0.15) is 10.1 Å². The minimum Gasteiger partial charge on any atom is -0.298 e. The maximum absolute atomic E-state index is 14.8. The molecule has 2 aliphatic rings. The van der Waals surface area contributed by atoms with Crippen LogP contribution in [0.1, 0.15) is 49.7 Å². The Balaban J connectivity index is 1.82. The Bertz CT molecular complexity index is 1320. The van der Waals surface area contributed by atoms with E-state index in [0.29, 0.717) is 10.6 Å². The largest absolute Gasteiger partial charge is 0.298 e. The van der Waals surface area contributed by atoms with Crippen molar-refractivity contribution in [3.8, 4) is 0 Å². The summed E-state index contributed by atoms with van der Waals surface area (Å²) >= 11 is 6.27. The molecule has 0 bridgehead atoms. The second-order valence-corrected chi connectivity index (χ2v) is 10.1. The summed E-state index contributed by atoms with van der Waals surface area (Å²) in [5, 5.41) is 7.06. The summed E-state index contributed by atoms with van der Waals surface area (Å²) in [5.74, 6) is -0.793. The zero-order chi connectivity index (χ0) is 25.3. The van der Waals surface area contributed by atoms with Gasteiger partial charge in [0.1, 0.15) is 11.7 Å². The van der Waals surface area contributed by atoms with Crippen molar-refractivity contribution in [2.75, 3.05) is 5.01 Å². The lowest BCUT2D eigenvalue weighted by Gasteiger charge is -2.49. The molecule has 4 atom stereocenters. The average molecular weight is 497 g/mol. The van der Waals surface area contributed by atoms with Gasteiger partial charge in [-0.25, -0.2) is 0 Å². The monoisotopic (exact) mass is 496 g/mol. The topological polar surface area (TPSA) is 49.7 Å². The molecular formula is C31H29ClN2O2. The van der Waals surface area contributed by atoms with Crippen LogP contribution in [0.5, 0.6) is 0 Å². The smallest absolute Gasteiger partial charge is 0.260 e. The van der Waals surface area contributed by atoms with E-state index in [-0.39, 0.29) is 17.7 Å². The summed E-state index contributed by atoms with van der Waals surface area (Å²) in [6.07, 6.45) is 4.81. The van der Waals surface area contributed by atoms with Crippen molar-refractivity contribution >= 4 is 35.2 Å². The molecule has 0 radical (unpaired) electrons. The molecule has 3 aromatic carbocycles. The summed E-state index contributed by atoms with van der Waals surface area (Å²) < 4.78 is 0. The van der Waals surface area contributed by atoms with E-state index < -0.39 is 11.3 Å². The predicted molar refractivity (Wildman–Crippen MR) is 145 cm³/mol. The van der Waals surface area contributed by atoms with Crippen molar-refractivity contribution in [2.45, 2.75) is 38.5 Å². The van der Waals surface area contributed by atoms with Crippen molar-refractivity contribution in [3.05, 3.63) is 113 Å². The Morgan fingerprint density at radius 2 is 1.58 bits per heavy atom. The molecule has 1 heterocycles. The third-order valence-corrected chi connectivity index (χ3v) is 7.88. The molecule has 1 spiro atoms. The van der Waals surface area contributed by atoms with Gasteiger partial charge in [0.25, 0.3) is 5.91 Å². The number of halogens is 1. The van der Waals surface area contributed by atoms with Crippen LogP contribution in [0.25, 0.3) is 0 Å². The number of para-hydroxylation sites is 1. The molecule has 0 saturated heterocycles. The van der Waals surface area contributed by atoms with E-state index in [1.165, 1.54) is 5.01 Å². The highest BCUT2D eigenvalue weighted by Crippen LogP contribution is 2.61. The number of carbonyl (C=O) groups is 2. The van der Waals surface area contributed by atoms with Crippen molar-refractivity contribution in [3.63, 3.8) is 0 Å². The number of hydrogen-bond acceptors (Lipinski definition) is 3. The quantitative estimate of drug-likeness (QED) is 0.339. The number of amides is 1. The van der Waals surface area contributed by atoms with E-state index in [0.717, 1.165) is 41.7 Å². The van der Waals surface area contributed by atoms with Crippen LogP contribution in [-0.4, -0.2) is 17.9 Å². The number of carbonyl (C=O) groups excluding carboxylic acids is 2. The van der Waals surface area contributed by atoms with E-state index >= 15 is 0 Å². The zero-order valence-corrected chi connectivity index (χ0v) is 21.2. The van der Waals surface area contributed by atoms with Crippen LogP contribution >= 0.6 is 11.6 Å². The van der Waals surface area contributed by atoms with Gasteiger partial charge in [-0.05, 0) is 60.2 Å². The van der Waals surface area contributed by atoms with Crippen LogP contribution in [0.2, 0.25) is 5.02 Å². The molecule has 36 heavy (non-hydrogen) atoms. The van der Waals surface area contributed by atoms with Crippen LogP contribution < -0.4 is 5.01 Å². The summed E-state index contributed by atoms with van der Waals surface area (Å²) in [4.78, 5) is 27.4. The van der Waals surface area contributed by atoms with Gasteiger partial charge in [-0.15, -0.1) is 0 Å². The lowest BCUT2D eigenvalue weighted by molar-refractivity contribution is -0.126. The minimum absolute atomic E-state index is 0.0128. The van der Waals surface area contributed by atoms with Gasteiger partial charge in [0, 0.05) is 16.9 Å². The van der Waals surface area contributed by atoms with Gasteiger partial charge in [0.05, 0.1) is 11.4 Å². The highest BCUT2D eigenvalue weighted by molar-refractivity contribution is 6.30. The maximum atomic E-state index is 14.8. The van der Waals surface area contributed by atoms with Gasteiger partial charge >= 0.3 is 0 Å². The molecule has 0 unspecified atom stereocenters. The molecular weight excluding hydrogens is 468 g/mol. The highest BCUT2D eigenvalue weighted by Gasteiger charge is 2.63. The number of anilines is 1. The summed E-state index contributed by atoms with van der Waals surface area (Å²) in [5.41, 5.74) is 2.98. The lowest BCUT2D eigenvalue weighted by atomic mass is 9.51. The fraction of sp³-hybridized carbons (Fsp3) is 0.258. The average Bonchev–Trinajstić information content (AvgIpc) is 3.16. The van der Waals surface area contributed by atoms with Gasteiger partial charge in [0.2, 0.25) is 0 Å². The fourth-order valence-corrected chi connectivity index (χ4v) is 6.36. The number of hydrogen-bond donors (Lipinski definition) is 0. The first-order valence-corrected chi connectivity index (χ1v) is 12.8. The van der Waals surface area contributed by atoms with E-state index in [4.69, 9.17) is 16.7 Å². The molecule has 5 heteroatoms. The van der Waals surface area contributed by atoms with Gasteiger partial charge < -0.3 is 0 Å². The van der Waals surface area contributed by atoms with E-state index in [1.54, 1.807) is 0 Å². The Hall–Kier alpha value is -3.50. The lowest BCUT2D eigenvalue weighted by Crippen LogP contribution is -2.53. The summed E-state index contributed by atoms with van der Waals surface area (Å²) in [6.45, 7) is 4.08. The summed E-state index contributed by atoms with van der Waals surface area (Å²) in [6, 6.07) is 27.2. The summed E-state index contributed by atoms with van der Waals surface area (Å²) in [7, 11) is 0. The van der Waals surface area contributed by atoms with E-state index in [2.05, 4.69) is 13.0 Å². The van der Waals surface area contributed by atoms with Gasteiger partial charge in [-0.1, -0.05) is 91.7 Å². The second kappa shape index (κ2) is 9.87. The molecule has 5 rings (SSSR count). The molecule has 182 valence electrons. The van der Waals surface area contributed by atoms with Crippen LogP contribution in [-0.2, 0) is 9.59 Å². The minimum atomic E-state index is -1.06. The molecule has 0 fully saturated rings. The molecule has 1 amide bonds. The predicted octanol–water partition coefficient (Wildman–Crippen LogP) is 7.17. The Morgan fingerprint density at radius 3 is 2.19 bits per heavy atom. The number of nitrogens with zero attached hydrogens (tertiary/aromatic N) is 2. The SMILES string of the molecule is CCC[C@H]1C=C(C=O)[C@@H](c2ccccc2)[C@]2(C(=O)N(c3ccccc3)N=C2C)[C@@H]1c1ccc(Cl)cc1. The molecule has 1 aliphatic heterocycles. The Morgan fingerprint density at radius 1 is 0.944 bits per heavy atom. The van der Waals surface area contributed by atoms with Crippen LogP contribution in [0.15, 0.2) is 102 Å². The first-order valence-electron chi connectivity index (χ1n) is 12.4. The number of benzene rings is 3. The van der Waals surface area contributed by atoms with E-state index in [9.17, 15) is 9.59 Å². The first kappa shape index (κ1) is 24.2. The third-order valence-electron chi connectivity index (χ3n) is 7.63. The van der Waals surface area contributed by atoms with E-state index in [1.807, 2.05) is 91.9 Å². The molecule has 3 aromatic rings. The molecule has 0 aromatic heterocycles. The number of allylic oxidation sites excluding steroid dienone is 2. The Kier molecular flexibility index (Phi) is 6.63. The van der Waals surface area contributed by atoms with Crippen molar-refractivity contribution < 1.29 is 9.59 Å². The Labute approximate surface area is 217 Å². The number of rotatable bonds is 6. The zero-order valence-electron chi connectivity index (χ0n) is 20.5. The van der Waals surface area contributed by atoms with Crippen molar-refractivity contribution in [1.29, 1.82) is 0 Å². The standard InChI is InChI=1S/C31H29ClN2O2/c1-3-10-24-19-25(20-35)29(22-11-6-4-7-12-22)31(28(24)23-15-17-26(32)18-16-23)21(2)33-34(30(31)36)27-13-8-5-9-14-27/h4-9,11-20,24,28-29H,3,10H2,1-2H3/t24-,28+,29+,31+/m0/s1. The third kappa shape index (κ3) is 3.81. The van der Waals surface area contributed by atoms with Crippen molar-refractivity contribution in [2.24, 2.45) is 16.4 Å². The first-order chi connectivity index (χ1) is 17.5. The normalized spacial score (nSPS) is 25.6. The fourth-order valence-electron chi connectivity index (χ4n) is 6.23. The molecule has 1 aliphatic carbocycles. The molecule has 0 saturated carbocycles. The molecule has 4 nitrogen and oxygen atoms in total. The number of aldehydes is 1. The highest BCUT2D eigenvalue weighted by atomic mass is 35.5.